The number of halogens is 2. The average molecular weight is 348 g/mol. The SMILES string of the molecule is N#Cc1nc(N2CCC(O)(c3ccccc3Cl)CC2)ccc1Cl. The Kier molecular flexibility index (Phi) is 4.45. The van der Waals surface area contributed by atoms with E-state index >= 15 is 0 Å². The van der Waals surface area contributed by atoms with Crippen molar-refractivity contribution in [2.24, 2.45) is 0 Å². The second-order valence-corrected chi connectivity index (χ2v) is 6.42. The van der Waals surface area contributed by atoms with Gasteiger partial charge in [-0.05, 0) is 31.0 Å². The predicted octanol–water partition coefficient (Wildman–Crippen LogP) is 3.75. The lowest BCUT2D eigenvalue weighted by atomic mass is 9.84. The summed E-state index contributed by atoms with van der Waals surface area (Å²) in [6, 6.07) is 12.9. The fourth-order valence-electron chi connectivity index (χ4n) is 2.90. The van der Waals surface area contributed by atoms with E-state index in [4.69, 9.17) is 28.5 Å². The molecule has 0 atom stereocenters. The van der Waals surface area contributed by atoms with Crippen LogP contribution < -0.4 is 4.90 Å². The summed E-state index contributed by atoms with van der Waals surface area (Å²) in [5.74, 6) is 0.701. The summed E-state index contributed by atoms with van der Waals surface area (Å²) >= 11 is 12.1. The van der Waals surface area contributed by atoms with Crippen LogP contribution >= 0.6 is 23.2 Å². The Balaban J connectivity index is 1.79. The zero-order valence-electron chi connectivity index (χ0n) is 12.3. The van der Waals surface area contributed by atoms with Crippen LogP contribution in [-0.2, 0) is 5.60 Å². The number of nitrogens with zero attached hydrogens (tertiary/aromatic N) is 3. The minimum absolute atomic E-state index is 0.219. The molecule has 0 amide bonds. The van der Waals surface area contributed by atoms with Gasteiger partial charge in [0.15, 0.2) is 5.69 Å². The van der Waals surface area contributed by atoms with Gasteiger partial charge in [-0.1, -0.05) is 41.4 Å². The van der Waals surface area contributed by atoms with Crippen molar-refractivity contribution in [3.05, 3.63) is 57.7 Å². The highest BCUT2D eigenvalue weighted by atomic mass is 35.5. The van der Waals surface area contributed by atoms with E-state index in [1.165, 1.54) is 0 Å². The molecule has 23 heavy (non-hydrogen) atoms. The fraction of sp³-hybridized carbons (Fsp3) is 0.294. The van der Waals surface area contributed by atoms with Gasteiger partial charge >= 0.3 is 0 Å². The molecule has 2 aromatic rings. The van der Waals surface area contributed by atoms with Gasteiger partial charge < -0.3 is 10.0 Å². The van der Waals surface area contributed by atoms with Gasteiger partial charge in [-0.15, -0.1) is 0 Å². The van der Waals surface area contributed by atoms with Gasteiger partial charge in [-0.2, -0.15) is 5.26 Å². The maximum Gasteiger partial charge on any atom is 0.161 e. The number of nitriles is 1. The first kappa shape index (κ1) is 16.1. The van der Waals surface area contributed by atoms with Crippen molar-refractivity contribution in [1.29, 1.82) is 5.26 Å². The number of hydrogen-bond donors (Lipinski definition) is 1. The highest BCUT2D eigenvalue weighted by molar-refractivity contribution is 6.31. The van der Waals surface area contributed by atoms with Crippen LogP contribution in [0.2, 0.25) is 10.0 Å². The third-order valence-electron chi connectivity index (χ3n) is 4.23. The first-order chi connectivity index (χ1) is 11.0. The quantitative estimate of drug-likeness (QED) is 0.898. The predicted molar refractivity (Wildman–Crippen MR) is 90.8 cm³/mol. The lowest BCUT2D eigenvalue weighted by molar-refractivity contribution is 0.0117. The Morgan fingerprint density at radius 2 is 1.78 bits per heavy atom. The van der Waals surface area contributed by atoms with E-state index < -0.39 is 5.60 Å². The molecule has 1 aliphatic rings. The molecule has 1 saturated heterocycles. The molecule has 2 heterocycles. The largest absolute Gasteiger partial charge is 0.385 e. The summed E-state index contributed by atoms with van der Waals surface area (Å²) in [7, 11) is 0. The molecule has 1 N–H and O–H groups in total. The fourth-order valence-corrected chi connectivity index (χ4v) is 3.36. The molecule has 0 spiro atoms. The Morgan fingerprint density at radius 3 is 2.43 bits per heavy atom. The monoisotopic (exact) mass is 347 g/mol. The topological polar surface area (TPSA) is 60.2 Å². The summed E-state index contributed by atoms with van der Waals surface area (Å²) in [4.78, 5) is 6.32. The Morgan fingerprint density at radius 1 is 1.09 bits per heavy atom. The molecule has 0 bridgehead atoms. The maximum absolute atomic E-state index is 10.9. The third-order valence-corrected chi connectivity index (χ3v) is 4.86. The molecule has 1 fully saturated rings. The normalized spacial score (nSPS) is 16.9. The van der Waals surface area contributed by atoms with Crippen LogP contribution in [0.5, 0.6) is 0 Å². The van der Waals surface area contributed by atoms with E-state index in [1.54, 1.807) is 18.2 Å². The molecule has 1 aromatic heterocycles. The summed E-state index contributed by atoms with van der Waals surface area (Å²) in [5, 5.41) is 20.9. The van der Waals surface area contributed by atoms with Crippen LogP contribution in [0.15, 0.2) is 36.4 Å². The van der Waals surface area contributed by atoms with Crippen LogP contribution in [0.3, 0.4) is 0 Å². The number of benzene rings is 1. The highest BCUT2D eigenvalue weighted by Gasteiger charge is 2.35. The van der Waals surface area contributed by atoms with Crippen molar-refractivity contribution in [2.45, 2.75) is 18.4 Å². The maximum atomic E-state index is 10.9. The molecule has 6 heteroatoms. The Labute approximate surface area is 144 Å². The van der Waals surface area contributed by atoms with Crippen LogP contribution in [0.25, 0.3) is 0 Å². The minimum atomic E-state index is -0.931. The number of aromatic nitrogens is 1. The number of pyridine rings is 1. The van der Waals surface area contributed by atoms with Crippen LogP contribution in [0, 0.1) is 11.3 Å². The Hall–Kier alpha value is -1.80. The molecule has 118 valence electrons. The van der Waals surface area contributed by atoms with E-state index in [1.807, 2.05) is 29.2 Å². The molecule has 0 unspecified atom stereocenters. The van der Waals surface area contributed by atoms with Crippen molar-refractivity contribution in [2.75, 3.05) is 18.0 Å². The molecule has 1 aromatic carbocycles. The third kappa shape index (κ3) is 3.13. The van der Waals surface area contributed by atoms with Gasteiger partial charge in [0.1, 0.15) is 11.9 Å². The Bertz CT molecular complexity index is 765. The summed E-state index contributed by atoms with van der Waals surface area (Å²) in [5.41, 5.74) is 0.0541. The van der Waals surface area contributed by atoms with Gasteiger partial charge in [0, 0.05) is 23.7 Å². The van der Waals surface area contributed by atoms with E-state index in [2.05, 4.69) is 4.98 Å². The number of rotatable bonds is 2. The van der Waals surface area contributed by atoms with E-state index in [9.17, 15) is 5.11 Å². The van der Waals surface area contributed by atoms with Gasteiger partial charge in [0.05, 0.1) is 10.6 Å². The van der Waals surface area contributed by atoms with Gasteiger partial charge in [0.25, 0.3) is 0 Å². The van der Waals surface area contributed by atoms with Crippen LogP contribution in [-0.4, -0.2) is 23.2 Å². The van der Waals surface area contributed by atoms with Crippen molar-refractivity contribution in [1.82, 2.24) is 4.98 Å². The summed E-state index contributed by atoms with van der Waals surface area (Å²) in [6.45, 7) is 1.25. The second kappa shape index (κ2) is 6.37. The standard InChI is InChI=1S/C17H15Cl2N3O/c18-13-4-2-1-3-12(13)17(23)7-9-22(10-8-17)16-6-5-14(19)15(11-20)21-16/h1-6,23H,7-10H2. The molecule has 0 saturated carbocycles. The molecular weight excluding hydrogens is 333 g/mol. The molecule has 4 nitrogen and oxygen atoms in total. The number of anilines is 1. The van der Waals surface area contributed by atoms with Gasteiger partial charge in [0.2, 0.25) is 0 Å². The number of hydrogen-bond acceptors (Lipinski definition) is 4. The zero-order valence-corrected chi connectivity index (χ0v) is 13.8. The number of piperidine rings is 1. The average Bonchev–Trinajstić information content (AvgIpc) is 2.56. The number of aliphatic hydroxyl groups is 1. The first-order valence-corrected chi connectivity index (χ1v) is 8.08. The smallest absolute Gasteiger partial charge is 0.161 e. The lowest BCUT2D eigenvalue weighted by Gasteiger charge is -2.39. The molecule has 0 aliphatic carbocycles. The summed E-state index contributed by atoms with van der Waals surface area (Å²) < 4.78 is 0. The van der Waals surface area contributed by atoms with Crippen molar-refractivity contribution >= 4 is 29.0 Å². The van der Waals surface area contributed by atoms with Gasteiger partial charge in [-0.3, -0.25) is 0 Å². The lowest BCUT2D eigenvalue weighted by Crippen LogP contribution is -2.43. The minimum Gasteiger partial charge on any atom is -0.385 e. The molecular formula is C17H15Cl2N3O. The van der Waals surface area contributed by atoms with E-state index in [0.29, 0.717) is 41.8 Å². The van der Waals surface area contributed by atoms with Gasteiger partial charge in [-0.25, -0.2) is 4.98 Å². The first-order valence-electron chi connectivity index (χ1n) is 7.32. The second-order valence-electron chi connectivity index (χ2n) is 5.61. The molecule has 3 rings (SSSR count). The van der Waals surface area contributed by atoms with Crippen LogP contribution in [0.1, 0.15) is 24.1 Å². The van der Waals surface area contributed by atoms with Crippen molar-refractivity contribution in [3.8, 4) is 6.07 Å². The molecule has 1 aliphatic heterocycles. The molecule has 0 radical (unpaired) electrons. The van der Waals surface area contributed by atoms with Crippen molar-refractivity contribution in [3.63, 3.8) is 0 Å². The zero-order chi connectivity index (χ0) is 16.4. The van der Waals surface area contributed by atoms with Crippen LogP contribution in [0.4, 0.5) is 5.82 Å². The van der Waals surface area contributed by atoms with Crippen molar-refractivity contribution < 1.29 is 5.11 Å². The highest BCUT2D eigenvalue weighted by Crippen LogP contribution is 2.37. The van der Waals surface area contributed by atoms with E-state index in [-0.39, 0.29) is 5.69 Å². The van der Waals surface area contributed by atoms with E-state index in [0.717, 1.165) is 5.56 Å². The summed E-state index contributed by atoms with van der Waals surface area (Å²) in [6.07, 6.45) is 1.09.